The number of rotatable bonds is 12. The second-order valence-electron chi connectivity index (χ2n) is 17.7. The van der Waals surface area contributed by atoms with E-state index in [2.05, 4.69) is 49.5 Å². The van der Waals surface area contributed by atoms with Gasteiger partial charge in [-0.05, 0) is 90.6 Å². The first-order chi connectivity index (χ1) is 30.1. The zero-order chi connectivity index (χ0) is 44.5. The van der Waals surface area contributed by atoms with Crippen LogP contribution in [0.1, 0.15) is 98.9 Å². The molecule has 2 saturated heterocycles. The fourth-order valence-electron chi connectivity index (χ4n) is 8.57. The van der Waals surface area contributed by atoms with E-state index in [0.29, 0.717) is 67.7 Å². The second kappa shape index (κ2) is 18.3. The number of anilines is 3. The molecule has 1 atom stereocenters. The summed E-state index contributed by atoms with van der Waals surface area (Å²) >= 11 is 1.42. The summed E-state index contributed by atoms with van der Waals surface area (Å²) in [4.78, 5) is 56.7. The molecule has 330 valence electrons. The minimum absolute atomic E-state index is 0.121. The van der Waals surface area contributed by atoms with E-state index in [1.165, 1.54) is 28.5 Å². The Hall–Kier alpha value is -5.58. The van der Waals surface area contributed by atoms with E-state index < -0.39 is 15.8 Å². The van der Waals surface area contributed by atoms with Crippen molar-refractivity contribution >= 4 is 56.4 Å². The highest BCUT2D eigenvalue weighted by Gasteiger charge is 2.31. The molecular formula is C47H53FN8O5S2. The second-order valence-corrected chi connectivity index (χ2v) is 20.5. The van der Waals surface area contributed by atoms with Crippen molar-refractivity contribution in [2.45, 2.75) is 90.0 Å². The Kier molecular flexibility index (Phi) is 12.8. The summed E-state index contributed by atoms with van der Waals surface area (Å²) < 4.78 is 43.6. The van der Waals surface area contributed by atoms with Gasteiger partial charge in [-0.3, -0.25) is 29.3 Å². The lowest BCUT2D eigenvalue weighted by Gasteiger charge is -2.35. The number of benzene rings is 3. The van der Waals surface area contributed by atoms with E-state index in [9.17, 15) is 22.8 Å². The minimum atomic E-state index is -3.72. The first-order valence-electron chi connectivity index (χ1n) is 21.6. The third kappa shape index (κ3) is 10.1. The Morgan fingerprint density at radius 3 is 2.49 bits per heavy atom. The van der Waals surface area contributed by atoms with Crippen LogP contribution in [-0.4, -0.2) is 82.8 Å². The van der Waals surface area contributed by atoms with Crippen LogP contribution >= 0.6 is 11.3 Å². The predicted octanol–water partition coefficient (Wildman–Crippen LogP) is 7.88. The molecule has 0 spiro atoms. The molecule has 63 heavy (non-hydrogen) atoms. The van der Waals surface area contributed by atoms with E-state index in [0.717, 1.165) is 47.6 Å². The van der Waals surface area contributed by atoms with Crippen molar-refractivity contribution in [3.63, 3.8) is 0 Å². The van der Waals surface area contributed by atoms with Gasteiger partial charge in [-0.15, -0.1) is 11.3 Å². The number of imide groups is 1. The average Bonchev–Trinajstić information content (AvgIpc) is 3.71. The molecule has 5 aromatic rings. The number of carbonyl (C=O) groups excluding carboxylic acids is 3. The quantitative estimate of drug-likeness (QED) is 0.105. The Bertz CT molecular complexity index is 2660. The van der Waals surface area contributed by atoms with Crippen LogP contribution < -0.4 is 15.4 Å². The molecule has 0 radical (unpaired) electrons. The first-order valence-corrected chi connectivity index (χ1v) is 24.1. The fraction of sp³-hybridized carbons (Fsp3) is 0.404. The van der Waals surface area contributed by atoms with Gasteiger partial charge in [0.1, 0.15) is 0 Å². The van der Waals surface area contributed by atoms with Crippen LogP contribution in [0.25, 0.3) is 21.8 Å². The lowest BCUT2D eigenvalue weighted by Crippen LogP contribution is -2.45. The lowest BCUT2D eigenvalue weighted by atomic mass is 9.87. The van der Waals surface area contributed by atoms with Gasteiger partial charge in [0.2, 0.25) is 33.7 Å². The standard InChI is InChI=1S/C47H53FN8O5S2/c1-5-24-63(60,61)54-37-11-7-10-36(41(37)48)42-43(62-45(53-42)47(2,3)4)38-16-20-49-46(51-38)50-34-9-6-8-30(26-34)29-18-22-56(23-19-29)40(58)28-55-21-17-31-25-32(12-13-33(31)27-55)35-14-15-39(57)52-44(35)59/h6-13,16,20,25-26,29,35,54H,5,14-15,17-19,21-24,27-28H2,1-4H3,(H,49,50,51)(H,52,57,59)/t35-/m0/s1. The number of nitrogens with one attached hydrogen (secondary N) is 3. The molecule has 0 bridgehead atoms. The fourth-order valence-corrected chi connectivity index (χ4v) is 10.8. The maximum absolute atomic E-state index is 16.1. The summed E-state index contributed by atoms with van der Waals surface area (Å²) in [7, 11) is -3.72. The largest absolute Gasteiger partial charge is 0.342 e. The molecule has 0 unspecified atom stereocenters. The number of piperidine rings is 2. The van der Waals surface area contributed by atoms with Crippen molar-refractivity contribution in [2.75, 3.05) is 42.0 Å². The molecule has 8 rings (SSSR count). The summed E-state index contributed by atoms with van der Waals surface area (Å²) in [5, 5.41) is 6.60. The van der Waals surface area contributed by atoms with Crippen molar-refractivity contribution in [1.29, 1.82) is 0 Å². The van der Waals surface area contributed by atoms with Crippen LogP contribution in [0, 0.1) is 5.82 Å². The van der Waals surface area contributed by atoms with Crippen LogP contribution in [-0.2, 0) is 42.8 Å². The highest BCUT2D eigenvalue weighted by Crippen LogP contribution is 2.42. The number of halogens is 1. The van der Waals surface area contributed by atoms with Crippen molar-refractivity contribution < 1.29 is 27.2 Å². The molecule has 0 aliphatic carbocycles. The van der Waals surface area contributed by atoms with Crippen molar-refractivity contribution in [3.8, 4) is 21.8 Å². The Labute approximate surface area is 372 Å². The third-order valence-electron chi connectivity index (χ3n) is 11.9. The molecule has 3 aliphatic rings. The van der Waals surface area contributed by atoms with Crippen LogP contribution in [0.2, 0.25) is 0 Å². The number of amides is 3. The Balaban J connectivity index is 0.904. The van der Waals surface area contributed by atoms with Crippen molar-refractivity contribution in [3.05, 3.63) is 106 Å². The van der Waals surface area contributed by atoms with Gasteiger partial charge in [0, 0.05) is 55.5 Å². The van der Waals surface area contributed by atoms with Crippen molar-refractivity contribution in [1.82, 2.24) is 30.1 Å². The van der Waals surface area contributed by atoms with Crippen molar-refractivity contribution in [2.24, 2.45) is 0 Å². The molecule has 3 aliphatic heterocycles. The topological polar surface area (TPSA) is 167 Å². The molecule has 2 fully saturated rings. The molecule has 3 amide bonds. The number of hydrogen-bond donors (Lipinski definition) is 3. The number of carbonyl (C=O) groups is 3. The van der Waals surface area contributed by atoms with E-state index in [4.69, 9.17) is 9.97 Å². The summed E-state index contributed by atoms with van der Waals surface area (Å²) in [6.07, 6.45) is 5.42. The number of likely N-dealkylation sites (tertiary alicyclic amines) is 1. The van der Waals surface area contributed by atoms with E-state index in [-0.39, 0.29) is 52.0 Å². The summed E-state index contributed by atoms with van der Waals surface area (Å²) in [6.45, 7) is 11.0. The van der Waals surface area contributed by atoms with E-state index >= 15 is 4.39 Å². The highest BCUT2D eigenvalue weighted by molar-refractivity contribution is 7.92. The van der Waals surface area contributed by atoms with Crippen LogP contribution in [0.3, 0.4) is 0 Å². The van der Waals surface area contributed by atoms with Gasteiger partial charge in [0.15, 0.2) is 5.82 Å². The highest BCUT2D eigenvalue weighted by atomic mass is 32.2. The normalized spacial score (nSPS) is 17.6. The van der Waals surface area contributed by atoms with Gasteiger partial charge in [-0.1, -0.05) is 64.1 Å². The van der Waals surface area contributed by atoms with Gasteiger partial charge in [-0.25, -0.2) is 27.8 Å². The zero-order valence-electron chi connectivity index (χ0n) is 36.0. The number of aromatic nitrogens is 3. The molecule has 2 aromatic heterocycles. The first kappa shape index (κ1) is 44.0. The average molecular weight is 893 g/mol. The predicted molar refractivity (Wildman–Crippen MR) is 244 cm³/mol. The van der Waals surface area contributed by atoms with E-state index in [1.807, 2.05) is 43.9 Å². The lowest BCUT2D eigenvalue weighted by molar-refractivity contribution is -0.135. The molecular weight excluding hydrogens is 840 g/mol. The van der Waals surface area contributed by atoms with Crippen LogP contribution in [0.15, 0.2) is 72.9 Å². The van der Waals surface area contributed by atoms with E-state index in [1.54, 1.807) is 31.3 Å². The summed E-state index contributed by atoms with van der Waals surface area (Å²) in [6, 6.07) is 20.7. The smallest absolute Gasteiger partial charge is 0.236 e. The number of hydrogen-bond acceptors (Lipinski definition) is 11. The molecule has 13 nitrogen and oxygen atoms in total. The molecule has 5 heterocycles. The minimum Gasteiger partial charge on any atom is -0.342 e. The molecule has 3 N–H and O–H groups in total. The van der Waals surface area contributed by atoms with Gasteiger partial charge in [0.25, 0.3) is 0 Å². The summed E-state index contributed by atoms with van der Waals surface area (Å²) in [5.41, 5.74) is 5.92. The van der Waals surface area contributed by atoms with Gasteiger partial charge in [-0.2, -0.15) is 0 Å². The van der Waals surface area contributed by atoms with Gasteiger partial charge < -0.3 is 10.2 Å². The third-order valence-corrected chi connectivity index (χ3v) is 14.9. The molecule has 16 heteroatoms. The maximum atomic E-state index is 16.1. The summed E-state index contributed by atoms with van der Waals surface area (Å²) in [5.74, 6) is -0.802. The number of sulfonamides is 1. The molecule has 0 saturated carbocycles. The number of fused-ring (bicyclic) bond motifs is 1. The zero-order valence-corrected chi connectivity index (χ0v) is 37.7. The van der Waals surface area contributed by atoms with Crippen LogP contribution in [0.5, 0.6) is 0 Å². The van der Waals surface area contributed by atoms with Gasteiger partial charge >= 0.3 is 0 Å². The van der Waals surface area contributed by atoms with Crippen LogP contribution in [0.4, 0.5) is 21.7 Å². The number of nitrogens with zero attached hydrogens (tertiary/aromatic N) is 5. The molecule has 3 aromatic carbocycles. The van der Waals surface area contributed by atoms with Gasteiger partial charge in [0.05, 0.1) is 45.2 Å². The Morgan fingerprint density at radius 2 is 1.73 bits per heavy atom. The SMILES string of the molecule is CCCS(=O)(=O)Nc1cccc(-c2nc(C(C)(C)C)sc2-c2ccnc(Nc3cccc(C4CCN(C(=O)CN5CCc6cc([C@@H]7CCC(=O)NC7=O)ccc6C5)CC4)c3)n2)c1F. The number of thiazole rings is 1. The Morgan fingerprint density at radius 1 is 0.937 bits per heavy atom. The monoisotopic (exact) mass is 892 g/mol. The maximum Gasteiger partial charge on any atom is 0.236 e.